The van der Waals surface area contributed by atoms with Gasteiger partial charge in [-0.3, -0.25) is 4.79 Å². The molecule has 0 saturated carbocycles. The average molecular weight is 377 g/mol. The number of hydrogen-bond acceptors (Lipinski definition) is 5. The Balaban J connectivity index is 1.78. The highest BCUT2D eigenvalue weighted by molar-refractivity contribution is 7.99. The number of hydrogen-bond donors (Lipinski definition) is 0. The summed E-state index contributed by atoms with van der Waals surface area (Å²) < 4.78 is 42.3. The first kappa shape index (κ1) is 19.4. The first-order valence-corrected chi connectivity index (χ1v) is 8.65. The van der Waals surface area contributed by atoms with E-state index >= 15 is 0 Å². The van der Waals surface area contributed by atoms with Gasteiger partial charge in [0.05, 0.1) is 22.9 Å². The lowest BCUT2D eigenvalue weighted by Crippen LogP contribution is -2.51. The van der Waals surface area contributed by atoms with Gasteiger partial charge in [0.15, 0.2) is 0 Å². The molecule has 10 heteroatoms. The highest BCUT2D eigenvalue weighted by Gasteiger charge is 2.30. The normalized spacial score (nSPS) is 15.2. The van der Waals surface area contributed by atoms with Gasteiger partial charge in [-0.25, -0.2) is 9.78 Å². The second-order valence-electron chi connectivity index (χ2n) is 5.24. The highest BCUT2D eigenvalue weighted by atomic mass is 32.2. The van der Waals surface area contributed by atoms with Gasteiger partial charge in [0.1, 0.15) is 0 Å². The summed E-state index contributed by atoms with van der Waals surface area (Å²) in [4.78, 5) is 30.6. The summed E-state index contributed by atoms with van der Waals surface area (Å²) in [6.07, 6.45) is -4.06. The lowest BCUT2D eigenvalue weighted by atomic mass is 10.3. The van der Waals surface area contributed by atoms with Crippen LogP contribution in [0.1, 0.15) is 12.5 Å². The Morgan fingerprint density at radius 3 is 2.36 bits per heavy atom. The summed E-state index contributed by atoms with van der Waals surface area (Å²) in [6.45, 7) is 3.62. The van der Waals surface area contributed by atoms with Gasteiger partial charge < -0.3 is 14.5 Å². The maximum atomic E-state index is 12.5. The van der Waals surface area contributed by atoms with Crippen molar-refractivity contribution < 1.29 is 27.5 Å². The van der Waals surface area contributed by atoms with Crippen LogP contribution in [0, 0.1) is 0 Å². The van der Waals surface area contributed by atoms with Gasteiger partial charge in [-0.1, -0.05) is 11.8 Å². The van der Waals surface area contributed by atoms with Gasteiger partial charge in [-0.15, -0.1) is 0 Å². The minimum Gasteiger partial charge on any atom is -0.450 e. The number of aromatic nitrogens is 1. The molecule has 0 spiro atoms. The van der Waals surface area contributed by atoms with Crippen LogP contribution in [0.25, 0.3) is 0 Å². The summed E-state index contributed by atoms with van der Waals surface area (Å²) in [5.41, 5.74) is -0.821. The van der Waals surface area contributed by atoms with Crippen LogP contribution in [0.4, 0.5) is 18.0 Å². The summed E-state index contributed by atoms with van der Waals surface area (Å²) in [6, 6.07) is 2.19. The highest BCUT2D eigenvalue weighted by Crippen LogP contribution is 2.29. The van der Waals surface area contributed by atoms with Crippen molar-refractivity contribution in [1.82, 2.24) is 14.8 Å². The molecule has 2 heterocycles. The number of amides is 2. The Bertz CT molecular complexity index is 602. The zero-order valence-corrected chi connectivity index (χ0v) is 14.4. The fourth-order valence-electron chi connectivity index (χ4n) is 2.21. The molecule has 1 aromatic heterocycles. The second kappa shape index (κ2) is 8.41. The molecule has 1 aromatic rings. The Morgan fingerprint density at radius 1 is 1.20 bits per heavy atom. The number of rotatable bonds is 4. The minimum absolute atomic E-state index is 0.0811. The van der Waals surface area contributed by atoms with Crippen LogP contribution in [0.2, 0.25) is 0 Å². The SMILES string of the molecule is CCOC(=O)N1CCN(C(=O)CSc2ccc(C(F)(F)F)cn2)CC1. The van der Waals surface area contributed by atoms with Crippen LogP contribution in [-0.4, -0.2) is 65.3 Å². The van der Waals surface area contributed by atoms with Crippen LogP contribution in [0.5, 0.6) is 0 Å². The Kier molecular flexibility index (Phi) is 6.51. The molecule has 0 bridgehead atoms. The largest absolute Gasteiger partial charge is 0.450 e. The third kappa shape index (κ3) is 5.52. The van der Waals surface area contributed by atoms with E-state index in [0.29, 0.717) is 37.8 Å². The summed E-state index contributed by atoms with van der Waals surface area (Å²) in [5, 5.41) is 0.353. The van der Waals surface area contributed by atoms with Crippen molar-refractivity contribution in [1.29, 1.82) is 0 Å². The first-order valence-electron chi connectivity index (χ1n) is 7.66. The molecule has 2 rings (SSSR count). The quantitative estimate of drug-likeness (QED) is 0.755. The molecule has 1 aliphatic heterocycles. The number of carbonyl (C=O) groups is 2. The van der Waals surface area contributed by atoms with E-state index in [9.17, 15) is 22.8 Å². The Labute approximate surface area is 147 Å². The van der Waals surface area contributed by atoms with E-state index < -0.39 is 17.8 Å². The molecule has 0 radical (unpaired) electrons. The van der Waals surface area contributed by atoms with Crippen LogP contribution in [-0.2, 0) is 15.7 Å². The van der Waals surface area contributed by atoms with E-state index in [-0.39, 0.29) is 11.7 Å². The van der Waals surface area contributed by atoms with Crippen molar-refractivity contribution in [2.45, 2.75) is 18.1 Å². The van der Waals surface area contributed by atoms with Crippen LogP contribution >= 0.6 is 11.8 Å². The smallest absolute Gasteiger partial charge is 0.417 e. The molecule has 138 valence electrons. The van der Waals surface area contributed by atoms with Crippen LogP contribution in [0.15, 0.2) is 23.4 Å². The maximum Gasteiger partial charge on any atom is 0.417 e. The number of nitrogens with zero attached hydrogens (tertiary/aromatic N) is 3. The van der Waals surface area contributed by atoms with Crippen molar-refractivity contribution in [3.63, 3.8) is 0 Å². The predicted octanol–water partition coefficient (Wildman–Crippen LogP) is 2.49. The molecular weight excluding hydrogens is 359 g/mol. The zero-order chi connectivity index (χ0) is 18.4. The number of piperazine rings is 1. The second-order valence-corrected chi connectivity index (χ2v) is 6.23. The average Bonchev–Trinajstić information content (AvgIpc) is 2.59. The molecule has 25 heavy (non-hydrogen) atoms. The monoisotopic (exact) mass is 377 g/mol. The molecule has 0 atom stereocenters. The van der Waals surface area contributed by atoms with Crippen molar-refractivity contribution in [2.24, 2.45) is 0 Å². The number of halogens is 3. The van der Waals surface area contributed by atoms with Crippen LogP contribution < -0.4 is 0 Å². The Morgan fingerprint density at radius 2 is 1.84 bits per heavy atom. The molecule has 0 N–H and O–H groups in total. The van der Waals surface area contributed by atoms with E-state index in [0.717, 1.165) is 24.0 Å². The topological polar surface area (TPSA) is 62.7 Å². The lowest BCUT2D eigenvalue weighted by molar-refractivity contribution is -0.138. The maximum absolute atomic E-state index is 12.5. The Hall–Kier alpha value is -1.97. The van der Waals surface area contributed by atoms with Crippen molar-refractivity contribution in [3.8, 4) is 0 Å². The fraction of sp³-hybridized carbons (Fsp3) is 0.533. The molecule has 0 unspecified atom stereocenters. The molecule has 6 nitrogen and oxygen atoms in total. The van der Waals surface area contributed by atoms with Gasteiger partial charge in [-0.05, 0) is 19.1 Å². The standard InChI is InChI=1S/C15H18F3N3O3S/c1-2-24-14(23)21-7-5-20(6-8-21)13(22)10-25-12-4-3-11(9-19-12)15(16,17)18/h3-4,9H,2,5-8,10H2,1H3. The molecule has 0 aliphatic carbocycles. The third-order valence-corrected chi connectivity index (χ3v) is 4.49. The van der Waals surface area contributed by atoms with Crippen LogP contribution in [0.3, 0.4) is 0 Å². The number of alkyl halides is 3. The van der Waals surface area contributed by atoms with E-state index in [4.69, 9.17) is 4.74 Å². The van der Waals surface area contributed by atoms with E-state index in [1.165, 1.54) is 11.0 Å². The first-order chi connectivity index (χ1) is 11.8. The summed E-state index contributed by atoms with van der Waals surface area (Å²) in [5.74, 6) is -0.0622. The van der Waals surface area contributed by atoms with Crippen molar-refractivity contribution in [2.75, 3.05) is 38.5 Å². The van der Waals surface area contributed by atoms with E-state index in [2.05, 4.69) is 4.98 Å². The van der Waals surface area contributed by atoms with Gasteiger partial charge in [-0.2, -0.15) is 13.2 Å². The fourth-order valence-corrected chi connectivity index (χ4v) is 2.96. The van der Waals surface area contributed by atoms with Gasteiger partial charge >= 0.3 is 12.3 Å². The number of pyridine rings is 1. The summed E-state index contributed by atoms with van der Waals surface area (Å²) in [7, 11) is 0. The molecule has 0 aromatic carbocycles. The summed E-state index contributed by atoms with van der Waals surface area (Å²) >= 11 is 1.08. The van der Waals surface area contributed by atoms with Gasteiger partial charge in [0.2, 0.25) is 5.91 Å². The lowest BCUT2D eigenvalue weighted by Gasteiger charge is -2.34. The van der Waals surface area contributed by atoms with E-state index in [1.807, 2.05) is 0 Å². The third-order valence-electron chi connectivity index (χ3n) is 3.57. The molecular formula is C15H18F3N3O3S. The minimum atomic E-state index is -4.43. The number of ether oxygens (including phenoxy) is 1. The van der Waals surface area contributed by atoms with Gasteiger partial charge in [0.25, 0.3) is 0 Å². The number of carbonyl (C=O) groups excluding carboxylic acids is 2. The molecule has 1 aliphatic rings. The molecule has 2 amide bonds. The molecule has 1 saturated heterocycles. The van der Waals surface area contributed by atoms with Crippen molar-refractivity contribution in [3.05, 3.63) is 23.9 Å². The zero-order valence-electron chi connectivity index (χ0n) is 13.6. The van der Waals surface area contributed by atoms with Crippen molar-refractivity contribution >= 4 is 23.8 Å². The predicted molar refractivity (Wildman–Crippen MR) is 85.1 cm³/mol. The van der Waals surface area contributed by atoms with Gasteiger partial charge in [0, 0.05) is 32.4 Å². The number of thioether (sulfide) groups is 1. The van der Waals surface area contributed by atoms with E-state index in [1.54, 1.807) is 11.8 Å². The molecule has 1 fully saturated rings.